The molecular weight excluding hydrogens is 324 g/mol. The highest BCUT2D eigenvalue weighted by Crippen LogP contribution is 2.28. The Bertz CT molecular complexity index is 969. The van der Waals surface area contributed by atoms with Crippen LogP contribution in [0.5, 0.6) is 0 Å². The minimum Gasteiger partial charge on any atom is -0.378 e. The molecule has 4 rings (SSSR count). The van der Waals surface area contributed by atoms with Gasteiger partial charge >= 0.3 is 0 Å². The van der Waals surface area contributed by atoms with Gasteiger partial charge in [-0.05, 0) is 48.4 Å². The number of nitrogens with zero attached hydrogens (tertiary/aromatic N) is 3. The molecule has 0 radical (unpaired) electrons. The number of carbonyl (C=O) groups is 1. The normalized spacial score (nSPS) is 14.4. The van der Waals surface area contributed by atoms with Crippen LogP contribution in [0.3, 0.4) is 0 Å². The molecule has 3 aromatic rings. The van der Waals surface area contributed by atoms with Crippen LogP contribution < -0.4 is 4.90 Å². The second-order valence-electron chi connectivity index (χ2n) is 6.77. The van der Waals surface area contributed by atoms with Gasteiger partial charge in [-0.2, -0.15) is 0 Å². The molecule has 5 nitrogen and oxygen atoms in total. The van der Waals surface area contributed by atoms with E-state index in [0.717, 1.165) is 40.8 Å². The van der Waals surface area contributed by atoms with E-state index in [4.69, 9.17) is 0 Å². The molecule has 0 fully saturated rings. The fraction of sp³-hybridized carbons (Fsp3) is 0.238. The van der Waals surface area contributed by atoms with Crippen molar-refractivity contribution in [3.63, 3.8) is 0 Å². The van der Waals surface area contributed by atoms with Gasteiger partial charge in [-0.1, -0.05) is 6.08 Å². The van der Waals surface area contributed by atoms with E-state index in [1.165, 1.54) is 5.57 Å². The number of carbonyl (C=O) groups excluding carboxylic acids is 1. The van der Waals surface area contributed by atoms with Crippen molar-refractivity contribution in [1.29, 1.82) is 0 Å². The van der Waals surface area contributed by atoms with Crippen molar-refractivity contribution in [1.82, 2.24) is 14.9 Å². The fourth-order valence-electron chi connectivity index (χ4n) is 3.38. The molecule has 0 spiro atoms. The van der Waals surface area contributed by atoms with Crippen molar-refractivity contribution in [2.24, 2.45) is 0 Å². The lowest BCUT2D eigenvalue weighted by Gasteiger charge is -2.26. The van der Waals surface area contributed by atoms with Gasteiger partial charge in [0.25, 0.3) is 5.91 Å². The van der Waals surface area contributed by atoms with Crippen LogP contribution in [0.2, 0.25) is 0 Å². The Morgan fingerprint density at radius 2 is 2.00 bits per heavy atom. The first-order valence-electron chi connectivity index (χ1n) is 8.81. The minimum atomic E-state index is 0.0858. The lowest BCUT2D eigenvalue weighted by Crippen LogP contribution is -2.34. The van der Waals surface area contributed by atoms with Gasteiger partial charge in [0.05, 0.1) is 11.0 Å². The van der Waals surface area contributed by atoms with Gasteiger partial charge in [0.2, 0.25) is 0 Å². The molecule has 1 aromatic carbocycles. The first kappa shape index (κ1) is 16.4. The van der Waals surface area contributed by atoms with E-state index in [9.17, 15) is 4.79 Å². The predicted octanol–water partition coefficient (Wildman–Crippen LogP) is 3.56. The maximum absolute atomic E-state index is 12.8. The van der Waals surface area contributed by atoms with E-state index in [0.29, 0.717) is 6.54 Å². The maximum Gasteiger partial charge on any atom is 0.254 e. The second kappa shape index (κ2) is 6.67. The Morgan fingerprint density at radius 1 is 1.19 bits per heavy atom. The molecule has 0 atom stereocenters. The zero-order valence-corrected chi connectivity index (χ0v) is 15.1. The Balaban J connectivity index is 1.51. The van der Waals surface area contributed by atoms with Crippen LogP contribution in [-0.4, -0.2) is 48.0 Å². The quantitative estimate of drug-likeness (QED) is 0.789. The number of pyridine rings is 1. The average Bonchev–Trinajstić information content (AvgIpc) is 3.12. The van der Waals surface area contributed by atoms with Crippen LogP contribution >= 0.6 is 0 Å². The monoisotopic (exact) mass is 346 g/mol. The van der Waals surface area contributed by atoms with Crippen LogP contribution in [0.15, 0.2) is 54.9 Å². The molecule has 1 N–H and O–H groups in total. The van der Waals surface area contributed by atoms with Crippen molar-refractivity contribution in [3.05, 3.63) is 66.0 Å². The summed E-state index contributed by atoms with van der Waals surface area (Å²) in [6.45, 7) is 1.35. The molecule has 1 aliphatic heterocycles. The molecule has 132 valence electrons. The van der Waals surface area contributed by atoms with Gasteiger partial charge < -0.3 is 14.8 Å². The zero-order valence-electron chi connectivity index (χ0n) is 15.1. The summed E-state index contributed by atoms with van der Waals surface area (Å²) in [5.74, 6) is 0.0858. The van der Waals surface area contributed by atoms with Crippen LogP contribution in [0.4, 0.5) is 5.69 Å². The van der Waals surface area contributed by atoms with Crippen molar-refractivity contribution in [2.75, 3.05) is 32.1 Å². The standard InChI is InChI=1S/C21H22N4O/c1-24(2)17-7-5-16(6-8-17)21(26)25-12-9-15(10-13-25)18-14-23-19-4-3-11-22-20(18)19/h3-9,11,14,23H,10,12-13H2,1-2H3. The van der Waals surface area contributed by atoms with Crippen molar-refractivity contribution >= 4 is 28.2 Å². The number of anilines is 1. The third kappa shape index (κ3) is 2.96. The van der Waals surface area contributed by atoms with Crippen LogP contribution in [-0.2, 0) is 0 Å². The number of benzene rings is 1. The first-order chi connectivity index (χ1) is 12.6. The average molecular weight is 346 g/mol. The molecule has 2 aromatic heterocycles. The SMILES string of the molecule is CN(C)c1ccc(C(=O)N2CC=C(c3c[nH]c4cccnc34)CC2)cc1. The zero-order chi connectivity index (χ0) is 18.1. The number of nitrogens with one attached hydrogen (secondary N) is 1. The summed E-state index contributed by atoms with van der Waals surface area (Å²) in [5.41, 5.74) is 6.26. The third-order valence-electron chi connectivity index (χ3n) is 4.91. The summed E-state index contributed by atoms with van der Waals surface area (Å²) in [6.07, 6.45) is 6.81. The molecule has 5 heteroatoms. The van der Waals surface area contributed by atoms with Crippen LogP contribution in [0.1, 0.15) is 22.3 Å². The van der Waals surface area contributed by atoms with E-state index in [1.807, 2.05) is 72.7 Å². The van der Waals surface area contributed by atoms with Gasteiger partial charge in [0, 0.05) is 56.4 Å². The molecule has 0 unspecified atom stereocenters. The van der Waals surface area contributed by atoms with E-state index in [2.05, 4.69) is 16.0 Å². The number of fused-ring (bicyclic) bond motifs is 1. The van der Waals surface area contributed by atoms with Crippen LogP contribution in [0.25, 0.3) is 16.6 Å². The number of hydrogen-bond acceptors (Lipinski definition) is 3. The number of aromatic amines is 1. The van der Waals surface area contributed by atoms with Crippen molar-refractivity contribution in [3.8, 4) is 0 Å². The van der Waals surface area contributed by atoms with Crippen molar-refractivity contribution in [2.45, 2.75) is 6.42 Å². The van der Waals surface area contributed by atoms with Crippen molar-refractivity contribution < 1.29 is 4.79 Å². The van der Waals surface area contributed by atoms with E-state index >= 15 is 0 Å². The van der Waals surface area contributed by atoms with Gasteiger partial charge in [-0.15, -0.1) is 0 Å². The molecule has 1 amide bonds. The largest absolute Gasteiger partial charge is 0.378 e. The topological polar surface area (TPSA) is 52.2 Å². The molecule has 26 heavy (non-hydrogen) atoms. The van der Waals surface area contributed by atoms with E-state index < -0.39 is 0 Å². The number of hydrogen-bond donors (Lipinski definition) is 1. The summed E-state index contributed by atoms with van der Waals surface area (Å²) in [7, 11) is 3.99. The lowest BCUT2D eigenvalue weighted by molar-refractivity contribution is 0.0773. The Hall–Kier alpha value is -3.08. The minimum absolute atomic E-state index is 0.0858. The molecular formula is C21H22N4O. The second-order valence-corrected chi connectivity index (χ2v) is 6.77. The number of aromatic nitrogens is 2. The van der Waals surface area contributed by atoms with Gasteiger partial charge in [-0.25, -0.2) is 0 Å². The number of amides is 1. The fourth-order valence-corrected chi connectivity index (χ4v) is 3.38. The molecule has 0 aliphatic carbocycles. The molecule has 0 saturated heterocycles. The highest BCUT2D eigenvalue weighted by molar-refractivity contribution is 5.96. The van der Waals surface area contributed by atoms with E-state index in [1.54, 1.807) is 0 Å². The van der Waals surface area contributed by atoms with Gasteiger partial charge in [-0.3, -0.25) is 9.78 Å². The summed E-state index contributed by atoms with van der Waals surface area (Å²) < 4.78 is 0. The van der Waals surface area contributed by atoms with E-state index in [-0.39, 0.29) is 5.91 Å². The van der Waals surface area contributed by atoms with Gasteiger partial charge in [0.1, 0.15) is 0 Å². The third-order valence-corrected chi connectivity index (χ3v) is 4.91. The molecule has 1 aliphatic rings. The summed E-state index contributed by atoms with van der Waals surface area (Å²) in [6, 6.07) is 11.7. The summed E-state index contributed by atoms with van der Waals surface area (Å²) >= 11 is 0. The number of rotatable bonds is 3. The molecule has 3 heterocycles. The summed E-state index contributed by atoms with van der Waals surface area (Å²) in [4.78, 5) is 24.4. The molecule has 0 bridgehead atoms. The Morgan fingerprint density at radius 3 is 2.69 bits per heavy atom. The van der Waals surface area contributed by atoms with Crippen LogP contribution in [0, 0.1) is 0 Å². The highest BCUT2D eigenvalue weighted by atomic mass is 16.2. The van der Waals surface area contributed by atoms with Gasteiger partial charge in [0.15, 0.2) is 0 Å². The lowest BCUT2D eigenvalue weighted by atomic mass is 10.0. The first-order valence-corrected chi connectivity index (χ1v) is 8.81. The smallest absolute Gasteiger partial charge is 0.254 e. The Kier molecular flexibility index (Phi) is 4.21. The maximum atomic E-state index is 12.8. The number of H-pyrrole nitrogens is 1. The Labute approximate surface area is 153 Å². The highest BCUT2D eigenvalue weighted by Gasteiger charge is 2.20. The predicted molar refractivity (Wildman–Crippen MR) is 105 cm³/mol. The molecule has 0 saturated carbocycles. The summed E-state index contributed by atoms with van der Waals surface area (Å²) in [5, 5.41) is 0.